The number of nitrogens with one attached hydrogen (secondary N) is 1. The van der Waals surface area contributed by atoms with Gasteiger partial charge in [-0.25, -0.2) is 0 Å². The maximum absolute atomic E-state index is 3.63. The molecule has 0 aromatic heterocycles. The second kappa shape index (κ2) is 6.42. The highest BCUT2D eigenvalue weighted by molar-refractivity contribution is 4.76. The molecule has 0 aliphatic heterocycles. The van der Waals surface area contributed by atoms with Crippen molar-refractivity contribution in [3.63, 3.8) is 0 Å². The molecule has 1 saturated carbocycles. The minimum absolute atomic E-state index is 0.841. The van der Waals surface area contributed by atoms with Crippen LogP contribution in [0.5, 0.6) is 0 Å². The van der Waals surface area contributed by atoms with Crippen molar-refractivity contribution < 1.29 is 0 Å². The van der Waals surface area contributed by atoms with Gasteiger partial charge in [-0.2, -0.15) is 0 Å². The molecule has 0 aromatic carbocycles. The van der Waals surface area contributed by atoms with Crippen molar-refractivity contribution in [2.24, 2.45) is 5.92 Å². The molecule has 1 aliphatic rings. The standard InChI is InChI=1S/C12H25N/c1-3-5-11-6-8-12(9-7-11)13-10-4-2/h11-13H,3-10H2,1-2H3. The van der Waals surface area contributed by atoms with Gasteiger partial charge in [-0.15, -0.1) is 0 Å². The Bertz CT molecular complexity index is 114. The van der Waals surface area contributed by atoms with Gasteiger partial charge in [-0.1, -0.05) is 26.7 Å². The van der Waals surface area contributed by atoms with Gasteiger partial charge in [0, 0.05) is 6.04 Å². The summed E-state index contributed by atoms with van der Waals surface area (Å²) in [5.41, 5.74) is 0. The molecule has 0 aromatic rings. The van der Waals surface area contributed by atoms with E-state index in [1.54, 1.807) is 0 Å². The fraction of sp³-hybridized carbons (Fsp3) is 1.00. The minimum atomic E-state index is 0.841. The first kappa shape index (κ1) is 11.0. The third kappa shape index (κ3) is 4.12. The highest BCUT2D eigenvalue weighted by Gasteiger charge is 2.19. The molecular weight excluding hydrogens is 158 g/mol. The average Bonchev–Trinajstić information content (AvgIpc) is 2.17. The Labute approximate surface area is 83.3 Å². The quantitative estimate of drug-likeness (QED) is 0.689. The summed E-state index contributed by atoms with van der Waals surface area (Å²) in [5, 5.41) is 3.63. The highest BCUT2D eigenvalue weighted by Crippen LogP contribution is 2.27. The van der Waals surface area contributed by atoms with E-state index in [1.807, 2.05) is 0 Å². The van der Waals surface area contributed by atoms with Crippen molar-refractivity contribution in [1.29, 1.82) is 0 Å². The topological polar surface area (TPSA) is 12.0 Å². The Morgan fingerprint density at radius 2 is 1.69 bits per heavy atom. The van der Waals surface area contributed by atoms with E-state index in [4.69, 9.17) is 0 Å². The molecule has 0 heterocycles. The molecule has 1 heteroatoms. The van der Waals surface area contributed by atoms with Crippen LogP contribution in [0.25, 0.3) is 0 Å². The summed E-state index contributed by atoms with van der Waals surface area (Å²) in [6.07, 6.45) is 9.88. The third-order valence-corrected chi connectivity index (χ3v) is 3.23. The van der Waals surface area contributed by atoms with Gasteiger partial charge in [0.25, 0.3) is 0 Å². The summed E-state index contributed by atoms with van der Waals surface area (Å²) in [6.45, 7) is 5.76. The fourth-order valence-corrected chi connectivity index (χ4v) is 2.41. The van der Waals surface area contributed by atoms with Crippen molar-refractivity contribution >= 4 is 0 Å². The monoisotopic (exact) mass is 183 g/mol. The first-order valence-electron chi connectivity index (χ1n) is 6.10. The Morgan fingerprint density at radius 3 is 2.23 bits per heavy atom. The van der Waals surface area contributed by atoms with E-state index in [0.29, 0.717) is 0 Å². The molecule has 13 heavy (non-hydrogen) atoms. The lowest BCUT2D eigenvalue weighted by Crippen LogP contribution is -2.33. The minimum Gasteiger partial charge on any atom is -0.314 e. The van der Waals surface area contributed by atoms with Crippen LogP contribution in [-0.2, 0) is 0 Å². The lowest BCUT2D eigenvalue weighted by Gasteiger charge is -2.28. The molecule has 0 saturated heterocycles. The van der Waals surface area contributed by atoms with E-state index in [0.717, 1.165) is 12.0 Å². The summed E-state index contributed by atoms with van der Waals surface area (Å²) in [5.74, 6) is 1.05. The zero-order valence-corrected chi connectivity index (χ0v) is 9.31. The number of hydrogen-bond donors (Lipinski definition) is 1. The molecule has 0 atom stereocenters. The normalized spacial score (nSPS) is 29.1. The summed E-state index contributed by atoms with van der Waals surface area (Å²) >= 11 is 0. The van der Waals surface area contributed by atoms with Crippen LogP contribution in [0.3, 0.4) is 0 Å². The molecule has 0 spiro atoms. The molecule has 0 bridgehead atoms. The predicted molar refractivity (Wildman–Crippen MR) is 58.9 cm³/mol. The summed E-state index contributed by atoms with van der Waals surface area (Å²) in [7, 11) is 0. The van der Waals surface area contributed by atoms with Gasteiger partial charge in [-0.05, 0) is 44.6 Å². The summed E-state index contributed by atoms with van der Waals surface area (Å²) in [4.78, 5) is 0. The first-order valence-corrected chi connectivity index (χ1v) is 6.10. The Hall–Kier alpha value is -0.0400. The maximum atomic E-state index is 3.63. The zero-order chi connectivity index (χ0) is 9.52. The largest absolute Gasteiger partial charge is 0.314 e. The second-order valence-corrected chi connectivity index (χ2v) is 4.46. The SMILES string of the molecule is CCCNC1CCC(CCC)CC1. The van der Waals surface area contributed by atoms with E-state index in [-0.39, 0.29) is 0 Å². The van der Waals surface area contributed by atoms with Crippen molar-refractivity contribution in [1.82, 2.24) is 5.32 Å². The van der Waals surface area contributed by atoms with Gasteiger partial charge in [0.15, 0.2) is 0 Å². The zero-order valence-electron chi connectivity index (χ0n) is 9.31. The molecule has 0 amide bonds. The van der Waals surface area contributed by atoms with E-state index in [2.05, 4.69) is 19.2 Å². The van der Waals surface area contributed by atoms with Crippen LogP contribution >= 0.6 is 0 Å². The molecule has 78 valence electrons. The van der Waals surface area contributed by atoms with Gasteiger partial charge in [0.1, 0.15) is 0 Å². The van der Waals surface area contributed by atoms with Crippen molar-refractivity contribution in [2.75, 3.05) is 6.54 Å². The average molecular weight is 183 g/mol. The van der Waals surface area contributed by atoms with E-state index in [1.165, 1.54) is 51.5 Å². The first-order chi connectivity index (χ1) is 6.36. The molecule has 1 N–H and O–H groups in total. The van der Waals surface area contributed by atoms with Crippen LogP contribution in [0.15, 0.2) is 0 Å². The van der Waals surface area contributed by atoms with E-state index in [9.17, 15) is 0 Å². The van der Waals surface area contributed by atoms with E-state index >= 15 is 0 Å². The number of rotatable bonds is 5. The molecule has 1 rings (SSSR count). The Balaban J connectivity index is 2.08. The third-order valence-electron chi connectivity index (χ3n) is 3.23. The van der Waals surface area contributed by atoms with Crippen LogP contribution in [0.2, 0.25) is 0 Å². The summed E-state index contributed by atoms with van der Waals surface area (Å²) < 4.78 is 0. The lowest BCUT2D eigenvalue weighted by molar-refractivity contribution is 0.279. The van der Waals surface area contributed by atoms with Gasteiger partial charge in [0.05, 0.1) is 0 Å². The summed E-state index contributed by atoms with van der Waals surface area (Å²) in [6, 6.07) is 0.841. The van der Waals surface area contributed by atoms with Gasteiger partial charge in [0.2, 0.25) is 0 Å². The van der Waals surface area contributed by atoms with Gasteiger partial charge < -0.3 is 5.32 Å². The molecule has 1 nitrogen and oxygen atoms in total. The fourth-order valence-electron chi connectivity index (χ4n) is 2.41. The number of hydrogen-bond acceptors (Lipinski definition) is 1. The molecular formula is C12H25N. The highest BCUT2D eigenvalue weighted by atomic mass is 14.9. The van der Waals surface area contributed by atoms with Crippen molar-refractivity contribution in [3.05, 3.63) is 0 Å². The molecule has 1 fully saturated rings. The van der Waals surface area contributed by atoms with Crippen LogP contribution in [-0.4, -0.2) is 12.6 Å². The second-order valence-electron chi connectivity index (χ2n) is 4.46. The molecule has 0 unspecified atom stereocenters. The van der Waals surface area contributed by atoms with Crippen LogP contribution in [0.4, 0.5) is 0 Å². The van der Waals surface area contributed by atoms with E-state index < -0.39 is 0 Å². The van der Waals surface area contributed by atoms with Crippen LogP contribution < -0.4 is 5.32 Å². The van der Waals surface area contributed by atoms with Crippen molar-refractivity contribution in [2.45, 2.75) is 64.8 Å². The van der Waals surface area contributed by atoms with Gasteiger partial charge >= 0.3 is 0 Å². The van der Waals surface area contributed by atoms with Crippen LogP contribution in [0.1, 0.15) is 58.8 Å². The maximum Gasteiger partial charge on any atom is 0.00672 e. The van der Waals surface area contributed by atoms with Crippen molar-refractivity contribution in [3.8, 4) is 0 Å². The predicted octanol–water partition coefficient (Wildman–Crippen LogP) is 3.34. The molecule has 1 aliphatic carbocycles. The Kier molecular flexibility index (Phi) is 5.45. The van der Waals surface area contributed by atoms with Gasteiger partial charge in [-0.3, -0.25) is 0 Å². The smallest absolute Gasteiger partial charge is 0.00672 e. The molecule has 0 radical (unpaired) electrons. The Morgan fingerprint density at radius 1 is 1.00 bits per heavy atom. The lowest BCUT2D eigenvalue weighted by atomic mass is 9.83. The van der Waals surface area contributed by atoms with Crippen LogP contribution in [0, 0.1) is 5.92 Å².